The normalized spacial score (nSPS) is 14.4. The van der Waals surface area contributed by atoms with Crippen molar-refractivity contribution < 1.29 is 14.3 Å². The van der Waals surface area contributed by atoms with Crippen LogP contribution in [-0.4, -0.2) is 68.8 Å². The van der Waals surface area contributed by atoms with Gasteiger partial charge in [-0.25, -0.2) is 0 Å². The van der Waals surface area contributed by atoms with E-state index in [1.807, 2.05) is 44.2 Å². The van der Waals surface area contributed by atoms with Crippen LogP contribution in [0.2, 0.25) is 0 Å². The summed E-state index contributed by atoms with van der Waals surface area (Å²) in [5, 5.41) is 3.73. The molecule has 3 N–H and O–H groups in total. The van der Waals surface area contributed by atoms with Gasteiger partial charge in [0.2, 0.25) is 5.91 Å². The van der Waals surface area contributed by atoms with Crippen LogP contribution in [0.25, 0.3) is 10.9 Å². The van der Waals surface area contributed by atoms with Crippen molar-refractivity contribution >= 4 is 33.9 Å². The molecule has 3 aromatic rings. The molecule has 8 heteroatoms. The van der Waals surface area contributed by atoms with E-state index in [4.69, 9.17) is 15.2 Å². The highest BCUT2D eigenvalue weighted by Crippen LogP contribution is 2.27. The van der Waals surface area contributed by atoms with Crippen LogP contribution in [0, 0.1) is 13.8 Å². The van der Waals surface area contributed by atoms with E-state index in [2.05, 4.69) is 32.2 Å². The van der Waals surface area contributed by atoms with Gasteiger partial charge in [-0.2, -0.15) is 0 Å². The third kappa shape index (κ3) is 5.58. The largest absolute Gasteiger partial charge is 0.497 e. The fraction of sp³-hybridized carbons (Fsp3) is 0.385. The molecule has 1 fully saturated rings. The third-order valence-corrected chi connectivity index (χ3v) is 6.40. The van der Waals surface area contributed by atoms with Gasteiger partial charge in [0.15, 0.2) is 0 Å². The lowest BCUT2D eigenvalue weighted by Gasteiger charge is -2.36. The highest BCUT2D eigenvalue weighted by molar-refractivity contribution is 5.98. The molecule has 34 heavy (non-hydrogen) atoms. The predicted molar refractivity (Wildman–Crippen MR) is 137 cm³/mol. The summed E-state index contributed by atoms with van der Waals surface area (Å²) in [5.74, 6) is 0.689. The van der Waals surface area contributed by atoms with Crippen molar-refractivity contribution in [1.29, 1.82) is 0 Å². The number of ether oxygens (including phenoxy) is 2. The van der Waals surface area contributed by atoms with Crippen LogP contribution in [0.15, 0.2) is 42.5 Å². The number of aryl methyl sites for hydroxylation is 1. The number of piperazine rings is 1. The first-order valence-corrected chi connectivity index (χ1v) is 11.6. The molecule has 4 rings (SSSR count). The molecule has 180 valence electrons. The maximum Gasteiger partial charge on any atom is 0.250 e. The summed E-state index contributed by atoms with van der Waals surface area (Å²) in [6, 6.07) is 13.8. The molecular weight excluding hydrogens is 430 g/mol. The summed E-state index contributed by atoms with van der Waals surface area (Å²) in [6.45, 7) is 9.10. The number of pyridine rings is 1. The Labute approximate surface area is 200 Å². The molecule has 0 spiro atoms. The fourth-order valence-corrected chi connectivity index (χ4v) is 4.17. The Balaban J connectivity index is 1.18. The fourth-order valence-electron chi connectivity index (χ4n) is 4.17. The number of aromatic nitrogens is 1. The Morgan fingerprint density at radius 3 is 2.53 bits per heavy atom. The molecule has 0 bridgehead atoms. The highest BCUT2D eigenvalue weighted by atomic mass is 16.5. The average molecular weight is 464 g/mol. The summed E-state index contributed by atoms with van der Waals surface area (Å²) in [4.78, 5) is 21.6. The summed E-state index contributed by atoms with van der Waals surface area (Å²) in [5.41, 5.74) is 11.5. The van der Waals surface area contributed by atoms with Gasteiger partial charge in [-0.15, -0.1) is 0 Å². The SMILES string of the molecule is COc1ccc(N2CCN(CCOCC(=O)Nc3ccc4nc(C)c(C)c(N)c4c3)CC2)cc1. The number of carbonyl (C=O) groups excluding carboxylic acids is 1. The van der Waals surface area contributed by atoms with Gasteiger partial charge in [-0.1, -0.05) is 0 Å². The molecule has 8 nitrogen and oxygen atoms in total. The lowest BCUT2D eigenvalue weighted by molar-refractivity contribution is -0.120. The summed E-state index contributed by atoms with van der Waals surface area (Å²) >= 11 is 0. The van der Waals surface area contributed by atoms with Crippen LogP contribution in [0.1, 0.15) is 11.3 Å². The van der Waals surface area contributed by atoms with Crippen molar-refractivity contribution in [3.05, 3.63) is 53.7 Å². The number of rotatable bonds is 8. The summed E-state index contributed by atoms with van der Waals surface area (Å²) in [7, 11) is 1.68. The Bertz CT molecular complexity index is 1140. The second-order valence-corrected chi connectivity index (χ2v) is 8.60. The average Bonchev–Trinajstić information content (AvgIpc) is 2.86. The molecule has 0 saturated carbocycles. The van der Waals surface area contributed by atoms with Gasteiger partial charge in [0, 0.05) is 60.9 Å². The number of amides is 1. The Kier molecular flexibility index (Phi) is 7.49. The third-order valence-electron chi connectivity index (χ3n) is 6.40. The van der Waals surface area contributed by atoms with Crippen molar-refractivity contribution in [3.8, 4) is 5.75 Å². The van der Waals surface area contributed by atoms with Crippen LogP contribution in [0.5, 0.6) is 5.75 Å². The molecule has 0 radical (unpaired) electrons. The molecule has 0 unspecified atom stereocenters. The van der Waals surface area contributed by atoms with E-state index in [1.54, 1.807) is 7.11 Å². The van der Waals surface area contributed by atoms with Crippen molar-refractivity contribution in [2.24, 2.45) is 0 Å². The zero-order chi connectivity index (χ0) is 24.1. The van der Waals surface area contributed by atoms with E-state index in [0.717, 1.165) is 60.6 Å². The standard InChI is InChI=1S/C26H33N5O3/c1-18-19(2)28-24-9-4-20(16-23(24)26(18)27)29-25(32)17-34-15-14-30-10-12-31(13-11-30)21-5-7-22(33-3)8-6-21/h4-9,16H,10-15,17H2,1-3H3,(H2,27,28)(H,29,32). The van der Waals surface area contributed by atoms with Crippen molar-refractivity contribution in [3.63, 3.8) is 0 Å². The minimum absolute atomic E-state index is 0.0184. The topological polar surface area (TPSA) is 93.0 Å². The number of nitrogen functional groups attached to an aromatic ring is 1. The van der Waals surface area contributed by atoms with E-state index < -0.39 is 0 Å². The number of hydrogen-bond donors (Lipinski definition) is 2. The summed E-state index contributed by atoms with van der Waals surface area (Å²) in [6.07, 6.45) is 0. The van der Waals surface area contributed by atoms with Gasteiger partial charge in [0.1, 0.15) is 12.4 Å². The van der Waals surface area contributed by atoms with Crippen LogP contribution in [0.3, 0.4) is 0 Å². The Morgan fingerprint density at radius 2 is 1.82 bits per heavy atom. The second kappa shape index (κ2) is 10.7. The maximum absolute atomic E-state index is 12.3. The first-order valence-electron chi connectivity index (χ1n) is 11.6. The number of nitrogens with two attached hydrogens (primary N) is 1. The minimum Gasteiger partial charge on any atom is -0.497 e. The molecule has 1 saturated heterocycles. The van der Waals surface area contributed by atoms with Crippen molar-refractivity contribution in [1.82, 2.24) is 9.88 Å². The lowest BCUT2D eigenvalue weighted by atomic mass is 10.1. The van der Waals surface area contributed by atoms with Gasteiger partial charge in [0.05, 0.1) is 19.2 Å². The smallest absolute Gasteiger partial charge is 0.250 e. The monoisotopic (exact) mass is 463 g/mol. The number of nitrogens with one attached hydrogen (secondary N) is 1. The number of carbonyl (C=O) groups is 1. The molecule has 0 atom stereocenters. The molecule has 2 aromatic carbocycles. The highest BCUT2D eigenvalue weighted by Gasteiger charge is 2.17. The molecule has 1 aromatic heterocycles. The van der Waals surface area contributed by atoms with Gasteiger partial charge in [-0.3, -0.25) is 14.7 Å². The molecule has 1 aliphatic rings. The number of benzene rings is 2. The van der Waals surface area contributed by atoms with Crippen LogP contribution >= 0.6 is 0 Å². The Morgan fingerprint density at radius 1 is 1.09 bits per heavy atom. The van der Waals surface area contributed by atoms with Gasteiger partial charge in [0.25, 0.3) is 0 Å². The lowest BCUT2D eigenvalue weighted by Crippen LogP contribution is -2.47. The zero-order valence-electron chi connectivity index (χ0n) is 20.1. The predicted octanol–water partition coefficient (Wildman–Crippen LogP) is 3.22. The van der Waals surface area contributed by atoms with E-state index in [1.165, 1.54) is 5.69 Å². The van der Waals surface area contributed by atoms with Gasteiger partial charge in [-0.05, 0) is 61.9 Å². The van der Waals surface area contributed by atoms with E-state index >= 15 is 0 Å². The zero-order valence-corrected chi connectivity index (χ0v) is 20.1. The van der Waals surface area contributed by atoms with Gasteiger partial charge < -0.3 is 25.4 Å². The molecule has 2 heterocycles. The Hall–Kier alpha value is -3.36. The van der Waals surface area contributed by atoms with Crippen LogP contribution in [0.4, 0.5) is 17.1 Å². The maximum atomic E-state index is 12.3. The number of fused-ring (bicyclic) bond motifs is 1. The second-order valence-electron chi connectivity index (χ2n) is 8.60. The number of anilines is 3. The van der Waals surface area contributed by atoms with E-state index in [-0.39, 0.29) is 12.5 Å². The number of nitrogens with zero attached hydrogens (tertiary/aromatic N) is 3. The minimum atomic E-state index is -0.181. The van der Waals surface area contributed by atoms with Gasteiger partial charge >= 0.3 is 0 Å². The van der Waals surface area contributed by atoms with E-state index in [0.29, 0.717) is 18.0 Å². The van der Waals surface area contributed by atoms with E-state index in [9.17, 15) is 4.79 Å². The van der Waals surface area contributed by atoms with Crippen molar-refractivity contribution in [2.75, 3.05) is 69.0 Å². The number of hydrogen-bond acceptors (Lipinski definition) is 7. The summed E-state index contributed by atoms with van der Waals surface area (Å²) < 4.78 is 10.9. The number of methoxy groups -OCH3 is 1. The van der Waals surface area contributed by atoms with Crippen LogP contribution < -0.4 is 20.7 Å². The molecule has 0 aliphatic carbocycles. The van der Waals surface area contributed by atoms with Crippen molar-refractivity contribution in [2.45, 2.75) is 13.8 Å². The molecule has 1 aliphatic heterocycles. The first kappa shape index (κ1) is 23.8. The quantitative estimate of drug-likeness (QED) is 0.496. The van der Waals surface area contributed by atoms with Crippen LogP contribution in [-0.2, 0) is 9.53 Å². The molecular formula is C26H33N5O3. The molecule has 1 amide bonds. The first-order chi connectivity index (χ1) is 16.4.